The summed E-state index contributed by atoms with van der Waals surface area (Å²) in [6, 6.07) is 9.49. The molecule has 0 N–H and O–H groups in total. The summed E-state index contributed by atoms with van der Waals surface area (Å²) in [6.45, 7) is 0. The van der Waals surface area contributed by atoms with Gasteiger partial charge >= 0.3 is 0 Å². The third-order valence-electron chi connectivity index (χ3n) is 2.59. The molecule has 0 unspecified atom stereocenters. The lowest BCUT2D eigenvalue weighted by Crippen LogP contribution is -1.89. The van der Waals surface area contributed by atoms with Gasteiger partial charge in [-0.15, -0.1) is 0 Å². The zero-order chi connectivity index (χ0) is 11.1. The Labute approximate surface area is 97.2 Å². The molecule has 0 saturated carbocycles. The molecule has 0 spiro atoms. The third-order valence-corrected chi connectivity index (χ3v) is 2.82. The van der Waals surface area contributed by atoms with E-state index in [1.54, 1.807) is 11.6 Å². The maximum absolute atomic E-state index is 5.94. The lowest BCUT2D eigenvalue weighted by atomic mass is 10.2. The first kappa shape index (κ1) is 9.48. The minimum absolute atomic E-state index is 0.690. The lowest BCUT2D eigenvalue weighted by Gasteiger charge is -2.01. The molecule has 0 saturated heterocycles. The molecule has 0 amide bonds. The molecule has 0 aliphatic carbocycles. The molecular weight excluding hydrogens is 224 g/mol. The van der Waals surface area contributed by atoms with Crippen LogP contribution in [0.2, 0.25) is 5.02 Å². The van der Waals surface area contributed by atoms with E-state index in [-0.39, 0.29) is 0 Å². The van der Waals surface area contributed by atoms with Crippen LogP contribution in [0.4, 0.5) is 0 Å². The normalized spacial score (nSPS) is 11.1. The molecule has 4 heteroatoms. The molecule has 80 valence electrons. The first-order chi connectivity index (χ1) is 7.79. The van der Waals surface area contributed by atoms with Crippen LogP contribution in [-0.2, 0) is 0 Å². The van der Waals surface area contributed by atoms with E-state index in [4.69, 9.17) is 16.3 Å². The van der Waals surface area contributed by atoms with Crippen molar-refractivity contribution in [2.24, 2.45) is 0 Å². The van der Waals surface area contributed by atoms with Gasteiger partial charge < -0.3 is 4.74 Å². The highest BCUT2D eigenvalue weighted by Gasteiger charge is 2.09. The monoisotopic (exact) mass is 232 g/mol. The van der Waals surface area contributed by atoms with Crippen LogP contribution >= 0.6 is 11.6 Å². The molecule has 0 aliphatic heterocycles. The molecule has 0 fully saturated rings. The number of fused-ring (bicyclic) bond motifs is 3. The zero-order valence-electron chi connectivity index (χ0n) is 8.64. The van der Waals surface area contributed by atoms with E-state index in [0.29, 0.717) is 5.02 Å². The Morgan fingerprint density at radius 3 is 3.00 bits per heavy atom. The minimum Gasteiger partial charge on any atom is -0.494 e. The van der Waals surface area contributed by atoms with Crippen LogP contribution in [0, 0.1) is 0 Å². The summed E-state index contributed by atoms with van der Waals surface area (Å²) in [5.74, 6) is 0.812. The molecule has 16 heavy (non-hydrogen) atoms. The van der Waals surface area contributed by atoms with Crippen molar-refractivity contribution in [3.8, 4) is 5.75 Å². The van der Waals surface area contributed by atoms with Crippen LogP contribution in [0.1, 0.15) is 0 Å². The lowest BCUT2D eigenvalue weighted by molar-refractivity contribution is 0.418. The van der Waals surface area contributed by atoms with Gasteiger partial charge in [0.15, 0.2) is 0 Å². The van der Waals surface area contributed by atoms with Crippen molar-refractivity contribution in [3.05, 3.63) is 41.6 Å². The molecular formula is C12H9ClN2O. The highest BCUT2D eigenvalue weighted by Crippen LogP contribution is 2.28. The number of halogens is 1. The smallest absolute Gasteiger partial charge is 0.145 e. The first-order valence-corrected chi connectivity index (χ1v) is 5.28. The quantitative estimate of drug-likeness (QED) is 0.644. The first-order valence-electron chi connectivity index (χ1n) is 4.90. The summed E-state index contributed by atoms with van der Waals surface area (Å²) in [5.41, 5.74) is 1.84. The molecule has 3 aromatic rings. The van der Waals surface area contributed by atoms with Gasteiger partial charge in [-0.25, -0.2) is 4.52 Å². The van der Waals surface area contributed by atoms with Crippen molar-refractivity contribution in [2.75, 3.05) is 7.11 Å². The fourth-order valence-electron chi connectivity index (χ4n) is 1.89. The molecule has 3 nitrogen and oxygen atoms in total. The Bertz CT molecular complexity index is 675. The van der Waals surface area contributed by atoms with Crippen LogP contribution in [0.5, 0.6) is 5.75 Å². The van der Waals surface area contributed by atoms with E-state index in [2.05, 4.69) is 5.10 Å². The van der Waals surface area contributed by atoms with E-state index in [1.807, 2.05) is 36.5 Å². The Balaban J connectivity index is 2.52. The largest absolute Gasteiger partial charge is 0.494 e. The van der Waals surface area contributed by atoms with E-state index < -0.39 is 0 Å². The topological polar surface area (TPSA) is 26.5 Å². The number of nitrogens with zero attached hydrogens (tertiary/aromatic N) is 2. The highest BCUT2D eigenvalue weighted by atomic mass is 35.5. The maximum Gasteiger partial charge on any atom is 0.145 e. The van der Waals surface area contributed by atoms with Crippen molar-refractivity contribution in [3.63, 3.8) is 0 Å². The molecule has 1 aromatic carbocycles. The second kappa shape index (κ2) is 3.39. The molecule has 2 aromatic heterocycles. The predicted molar refractivity (Wildman–Crippen MR) is 64.3 cm³/mol. The summed E-state index contributed by atoms with van der Waals surface area (Å²) in [4.78, 5) is 0. The highest BCUT2D eigenvalue weighted by molar-refractivity contribution is 6.31. The van der Waals surface area contributed by atoms with E-state index in [9.17, 15) is 0 Å². The second-order valence-electron chi connectivity index (χ2n) is 3.53. The Hall–Kier alpha value is -1.74. The zero-order valence-corrected chi connectivity index (χ0v) is 9.40. The molecule has 0 radical (unpaired) electrons. The Kier molecular flexibility index (Phi) is 2.01. The van der Waals surface area contributed by atoms with Crippen LogP contribution in [0.3, 0.4) is 0 Å². The maximum atomic E-state index is 5.94. The minimum atomic E-state index is 0.690. The molecule has 3 rings (SSSR count). The van der Waals surface area contributed by atoms with Crippen LogP contribution in [0.15, 0.2) is 36.5 Å². The van der Waals surface area contributed by atoms with Gasteiger partial charge in [0, 0.05) is 16.6 Å². The summed E-state index contributed by atoms with van der Waals surface area (Å²) in [6.07, 6.45) is 1.89. The fraction of sp³-hybridized carbons (Fsp3) is 0.0833. The average Bonchev–Trinajstić information content (AvgIpc) is 2.65. The van der Waals surface area contributed by atoms with Crippen LogP contribution < -0.4 is 4.74 Å². The molecule has 0 bridgehead atoms. The number of hydrogen-bond acceptors (Lipinski definition) is 2. The number of benzene rings is 1. The second-order valence-corrected chi connectivity index (χ2v) is 3.97. The van der Waals surface area contributed by atoms with E-state index in [1.165, 1.54) is 0 Å². The number of methoxy groups -OCH3 is 1. The van der Waals surface area contributed by atoms with Gasteiger partial charge in [0.05, 0.1) is 12.6 Å². The van der Waals surface area contributed by atoms with Crippen molar-refractivity contribution in [1.82, 2.24) is 9.61 Å². The van der Waals surface area contributed by atoms with Crippen molar-refractivity contribution in [2.45, 2.75) is 0 Å². The van der Waals surface area contributed by atoms with Gasteiger partial charge in [-0.3, -0.25) is 0 Å². The van der Waals surface area contributed by atoms with Crippen molar-refractivity contribution >= 4 is 28.0 Å². The fourth-order valence-corrected chi connectivity index (χ4v) is 2.05. The van der Waals surface area contributed by atoms with Gasteiger partial charge in [0.1, 0.15) is 11.3 Å². The van der Waals surface area contributed by atoms with Gasteiger partial charge in [-0.1, -0.05) is 11.6 Å². The third kappa shape index (κ3) is 1.25. The Morgan fingerprint density at radius 1 is 1.31 bits per heavy atom. The standard InChI is InChI=1S/C12H9ClN2O/c1-16-11-3-2-6-15-12(11)9-5-4-8(13)7-10(9)14-15/h2-7H,1H3. The molecule has 0 aliphatic rings. The number of aromatic nitrogens is 2. The number of rotatable bonds is 1. The van der Waals surface area contributed by atoms with E-state index >= 15 is 0 Å². The summed E-state index contributed by atoms with van der Waals surface area (Å²) in [7, 11) is 1.66. The van der Waals surface area contributed by atoms with Crippen molar-refractivity contribution in [1.29, 1.82) is 0 Å². The number of hydrogen-bond donors (Lipinski definition) is 0. The SMILES string of the molecule is COc1cccn2nc3cc(Cl)ccc3c12. The van der Waals surface area contributed by atoms with Gasteiger partial charge in [0.25, 0.3) is 0 Å². The van der Waals surface area contributed by atoms with Gasteiger partial charge in [-0.2, -0.15) is 5.10 Å². The summed E-state index contributed by atoms with van der Waals surface area (Å²) in [5, 5.41) is 6.17. The molecule has 0 atom stereocenters. The summed E-state index contributed by atoms with van der Waals surface area (Å²) >= 11 is 5.94. The predicted octanol–water partition coefficient (Wildman–Crippen LogP) is 3.15. The van der Waals surface area contributed by atoms with Crippen LogP contribution in [0.25, 0.3) is 16.4 Å². The number of ether oxygens (including phenoxy) is 1. The summed E-state index contributed by atoms with van der Waals surface area (Å²) < 4.78 is 7.14. The van der Waals surface area contributed by atoms with Crippen molar-refractivity contribution < 1.29 is 4.74 Å². The van der Waals surface area contributed by atoms with Gasteiger partial charge in [0.2, 0.25) is 0 Å². The Morgan fingerprint density at radius 2 is 2.19 bits per heavy atom. The average molecular weight is 233 g/mol. The van der Waals surface area contributed by atoms with E-state index in [0.717, 1.165) is 22.2 Å². The van der Waals surface area contributed by atoms with Gasteiger partial charge in [-0.05, 0) is 30.3 Å². The van der Waals surface area contributed by atoms with Crippen LogP contribution in [-0.4, -0.2) is 16.7 Å². The molecule has 2 heterocycles. The number of pyridine rings is 1.